The van der Waals surface area contributed by atoms with Gasteiger partial charge in [-0.2, -0.15) is 0 Å². The van der Waals surface area contributed by atoms with Crippen LogP contribution in [0.2, 0.25) is 5.02 Å². The van der Waals surface area contributed by atoms with E-state index in [1.165, 1.54) is 0 Å². The van der Waals surface area contributed by atoms with E-state index in [-0.39, 0.29) is 6.04 Å². The van der Waals surface area contributed by atoms with Crippen LogP contribution in [0.1, 0.15) is 18.9 Å². The van der Waals surface area contributed by atoms with E-state index in [0.29, 0.717) is 24.8 Å². The van der Waals surface area contributed by atoms with Crippen molar-refractivity contribution in [3.05, 3.63) is 33.3 Å². The van der Waals surface area contributed by atoms with E-state index in [0.717, 1.165) is 23.0 Å². The molecule has 0 aliphatic carbocycles. The van der Waals surface area contributed by atoms with E-state index in [4.69, 9.17) is 16.3 Å². The van der Waals surface area contributed by atoms with Gasteiger partial charge in [0.25, 0.3) is 0 Å². The fraction of sp³-hybridized carbons (Fsp3) is 0.533. The van der Waals surface area contributed by atoms with Crippen LogP contribution in [0.4, 0.5) is 0 Å². The first-order valence-corrected chi connectivity index (χ1v) is 8.18. The number of ether oxygens (including phenoxy) is 1. The van der Waals surface area contributed by atoms with Crippen LogP contribution in [0.15, 0.2) is 22.7 Å². The van der Waals surface area contributed by atoms with Gasteiger partial charge < -0.3 is 9.84 Å². The minimum absolute atomic E-state index is 0.0788. The number of carboxylic acid groups (broad SMARTS) is 1. The average Bonchev–Trinajstić information content (AvgIpc) is 2.92. The fourth-order valence-electron chi connectivity index (χ4n) is 2.66. The normalized spacial score (nSPS) is 21.9. The second kappa shape index (κ2) is 7.58. The summed E-state index contributed by atoms with van der Waals surface area (Å²) in [5.41, 5.74) is 1.08. The van der Waals surface area contributed by atoms with E-state index in [1.807, 2.05) is 18.2 Å². The first-order chi connectivity index (χ1) is 10.0. The predicted octanol–water partition coefficient (Wildman–Crippen LogP) is 3.41. The highest BCUT2D eigenvalue weighted by Crippen LogP contribution is 2.26. The van der Waals surface area contributed by atoms with Crippen molar-refractivity contribution in [1.29, 1.82) is 0 Å². The molecule has 2 atom stereocenters. The molecule has 0 amide bonds. The van der Waals surface area contributed by atoms with E-state index in [9.17, 15) is 9.90 Å². The van der Waals surface area contributed by atoms with Gasteiger partial charge in [-0.15, -0.1) is 0 Å². The Balaban J connectivity index is 2.14. The summed E-state index contributed by atoms with van der Waals surface area (Å²) in [6.45, 7) is 4.37. The van der Waals surface area contributed by atoms with Gasteiger partial charge in [0.1, 0.15) is 0 Å². The van der Waals surface area contributed by atoms with Crippen LogP contribution in [0.3, 0.4) is 0 Å². The van der Waals surface area contributed by atoms with Gasteiger partial charge in [-0.25, -0.2) is 0 Å². The summed E-state index contributed by atoms with van der Waals surface area (Å²) in [7, 11) is 0. The summed E-state index contributed by atoms with van der Waals surface area (Å²) < 4.78 is 6.25. The zero-order valence-corrected chi connectivity index (χ0v) is 14.2. The Morgan fingerprint density at radius 3 is 2.90 bits per heavy atom. The molecule has 0 spiro atoms. The summed E-state index contributed by atoms with van der Waals surface area (Å²) >= 11 is 9.51. The number of hydrogen-bond acceptors (Lipinski definition) is 3. The molecule has 1 aromatic rings. The zero-order valence-electron chi connectivity index (χ0n) is 11.9. The Labute approximate surface area is 138 Å². The van der Waals surface area contributed by atoms with Gasteiger partial charge in [0.15, 0.2) is 0 Å². The van der Waals surface area contributed by atoms with Gasteiger partial charge in [0, 0.05) is 17.1 Å². The van der Waals surface area contributed by atoms with Gasteiger partial charge in [-0.05, 0) is 46.6 Å². The van der Waals surface area contributed by atoms with Crippen molar-refractivity contribution in [2.24, 2.45) is 5.92 Å². The second-order valence-corrected chi connectivity index (χ2v) is 6.53. The number of halogens is 2. The smallest absolute Gasteiger partial charge is 0.310 e. The van der Waals surface area contributed by atoms with Crippen molar-refractivity contribution in [3.63, 3.8) is 0 Å². The molecule has 1 N–H and O–H groups in total. The summed E-state index contributed by atoms with van der Waals surface area (Å²) in [6.07, 6.45) is 0.965. The van der Waals surface area contributed by atoms with Crippen LogP contribution >= 0.6 is 27.5 Å². The van der Waals surface area contributed by atoms with Crippen molar-refractivity contribution in [3.8, 4) is 0 Å². The van der Waals surface area contributed by atoms with Crippen LogP contribution in [-0.2, 0) is 16.1 Å². The van der Waals surface area contributed by atoms with E-state index in [2.05, 4.69) is 27.8 Å². The lowest BCUT2D eigenvalue weighted by molar-refractivity contribution is -0.143. The minimum atomic E-state index is -0.785. The summed E-state index contributed by atoms with van der Waals surface area (Å²) in [6, 6.07) is 5.76. The van der Waals surface area contributed by atoms with Crippen LogP contribution in [0.25, 0.3) is 0 Å². The molecule has 1 aromatic carbocycles. The summed E-state index contributed by atoms with van der Waals surface area (Å²) in [5.74, 6) is -1.24. The number of hydrogen-bond donors (Lipinski definition) is 1. The number of nitrogens with zero attached hydrogens (tertiary/aromatic N) is 1. The molecule has 1 fully saturated rings. The second-order valence-electron chi connectivity index (χ2n) is 5.27. The molecule has 4 nitrogen and oxygen atoms in total. The predicted molar refractivity (Wildman–Crippen MR) is 85.6 cm³/mol. The first-order valence-electron chi connectivity index (χ1n) is 7.01. The molecule has 21 heavy (non-hydrogen) atoms. The molecule has 0 bridgehead atoms. The van der Waals surface area contributed by atoms with Gasteiger partial charge >= 0.3 is 5.97 Å². The molecule has 6 heteroatoms. The van der Waals surface area contributed by atoms with Crippen molar-refractivity contribution in [1.82, 2.24) is 4.90 Å². The summed E-state index contributed by atoms with van der Waals surface area (Å²) in [5, 5.41) is 9.98. The van der Waals surface area contributed by atoms with Gasteiger partial charge in [0.2, 0.25) is 0 Å². The highest BCUT2D eigenvalue weighted by atomic mass is 79.9. The number of benzene rings is 1. The molecule has 2 unspecified atom stereocenters. The topological polar surface area (TPSA) is 49.8 Å². The summed E-state index contributed by atoms with van der Waals surface area (Å²) in [4.78, 5) is 13.5. The Morgan fingerprint density at radius 2 is 2.29 bits per heavy atom. The number of carbonyl (C=O) groups is 1. The zero-order chi connectivity index (χ0) is 15.4. The third-order valence-corrected chi connectivity index (χ3v) is 4.95. The highest BCUT2D eigenvalue weighted by molar-refractivity contribution is 9.10. The van der Waals surface area contributed by atoms with Crippen molar-refractivity contribution in [2.45, 2.75) is 25.9 Å². The Kier molecular flexibility index (Phi) is 6.05. The molecule has 1 heterocycles. The molecule has 1 saturated heterocycles. The largest absolute Gasteiger partial charge is 0.481 e. The molecule has 1 aliphatic rings. The van der Waals surface area contributed by atoms with Gasteiger partial charge in [-0.1, -0.05) is 24.6 Å². The maximum Gasteiger partial charge on any atom is 0.310 e. The average molecular weight is 377 g/mol. The molecule has 1 aliphatic heterocycles. The minimum Gasteiger partial charge on any atom is -0.481 e. The third kappa shape index (κ3) is 4.19. The monoisotopic (exact) mass is 375 g/mol. The molecule has 0 saturated carbocycles. The molecule has 2 rings (SSSR count). The van der Waals surface area contributed by atoms with Crippen LogP contribution in [0, 0.1) is 5.92 Å². The molecule has 0 radical (unpaired) electrons. The van der Waals surface area contributed by atoms with Crippen molar-refractivity contribution in [2.75, 3.05) is 19.8 Å². The molecule has 116 valence electrons. The van der Waals surface area contributed by atoms with Gasteiger partial charge in [0.05, 0.1) is 24.2 Å². The number of rotatable bonds is 6. The standard InChI is InChI=1S/C15H19BrClNO3/c1-2-5-18(14-9-21-8-11(14)15(19)20)7-10-3-4-12(16)13(17)6-10/h3-4,6,11,14H,2,5,7-9H2,1H3,(H,19,20). The lowest BCUT2D eigenvalue weighted by Gasteiger charge is -2.30. The maximum atomic E-state index is 11.3. The Morgan fingerprint density at radius 1 is 1.52 bits per heavy atom. The molecule has 0 aromatic heterocycles. The van der Waals surface area contributed by atoms with E-state index in [1.54, 1.807) is 0 Å². The van der Waals surface area contributed by atoms with Crippen molar-refractivity contribution >= 4 is 33.5 Å². The molecular formula is C15H19BrClNO3. The van der Waals surface area contributed by atoms with Crippen LogP contribution in [0.5, 0.6) is 0 Å². The van der Waals surface area contributed by atoms with E-state index >= 15 is 0 Å². The van der Waals surface area contributed by atoms with Crippen LogP contribution < -0.4 is 0 Å². The lowest BCUT2D eigenvalue weighted by Crippen LogP contribution is -2.43. The van der Waals surface area contributed by atoms with E-state index < -0.39 is 11.9 Å². The maximum absolute atomic E-state index is 11.3. The quantitative estimate of drug-likeness (QED) is 0.826. The Bertz CT molecular complexity index is 512. The number of aliphatic carboxylic acids is 1. The SMILES string of the molecule is CCCN(Cc1ccc(Br)c(Cl)c1)C1COCC1C(=O)O. The highest BCUT2D eigenvalue weighted by Gasteiger charge is 2.37. The number of carboxylic acids is 1. The van der Waals surface area contributed by atoms with Gasteiger partial charge in [-0.3, -0.25) is 9.69 Å². The molecular weight excluding hydrogens is 358 g/mol. The van der Waals surface area contributed by atoms with Crippen LogP contribution in [-0.4, -0.2) is 41.8 Å². The third-order valence-electron chi connectivity index (χ3n) is 3.72. The van der Waals surface area contributed by atoms with Crippen molar-refractivity contribution < 1.29 is 14.6 Å². The Hall–Kier alpha value is -0.620. The fourth-order valence-corrected chi connectivity index (χ4v) is 3.11. The first kappa shape index (κ1) is 16.7. The lowest BCUT2D eigenvalue weighted by atomic mass is 10.0.